The Morgan fingerprint density at radius 3 is 2.27 bits per heavy atom. The third-order valence-corrected chi connectivity index (χ3v) is 3.42. The van der Waals surface area contributed by atoms with Crippen LogP contribution >= 0.6 is 0 Å². The molecule has 0 aromatic carbocycles. The van der Waals surface area contributed by atoms with Crippen LogP contribution in [0.1, 0.15) is 27.2 Å². The molecule has 1 aliphatic rings. The zero-order valence-electron chi connectivity index (χ0n) is 9.47. The van der Waals surface area contributed by atoms with Crippen molar-refractivity contribution in [3.8, 4) is 0 Å². The summed E-state index contributed by atoms with van der Waals surface area (Å²) in [6, 6.07) is -0.419. The minimum atomic E-state index is -0.974. The lowest BCUT2D eigenvalue weighted by Gasteiger charge is -2.44. The first kappa shape index (κ1) is 12.4. The number of aliphatic hydroxyl groups is 2. The lowest BCUT2D eigenvalue weighted by molar-refractivity contribution is -0.916. The summed E-state index contributed by atoms with van der Waals surface area (Å²) < 4.78 is -0.259. The van der Waals surface area contributed by atoms with Gasteiger partial charge in [0.15, 0.2) is 0 Å². The van der Waals surface area contributed by atoms with Gasteiger partial charge in [0.1, 0.15) is 24.2 Å². The van der Waals surface area contributed by atoms with Gasteiger partial charge in [-0.05, 0) is 20.8 Å². The number of carbonyl (C=O) groups is 1. The number of amides is 1. The van der Waals surface area contributed by atoms with E-state index in [0.717, 1.165) is 0 Å². The molecule has 1 amide bonds. The van der Waals surface area contributed by atoms with Gasteiger partial charge in [0.25, 0.3) is 0 Å². The average Bonchev–Trinajstić information content (AvgIpc) is 2.42. The molecule has 0 aliphatic carbocycles. The third-order valence-electron chi connectivity index (χ3n) is 3.42. The molecule has 5 nitrogen and oxygen atoms in total. The predicted octanol–water partition coefficient (Wildman–Crippen LogP) is 0.405. The number of carboxylic acid groups (broad SMARTS) is 1. The Bertz CT molecular complexity index is 261. The fourth-order valence-electron chi connectivity index (χ4n) is 2.61. The highest BCUT2D eigenvalue weighted by atomic mass is 16.4. The average molecular weight is 218 g/mol. The van der Waals surface area contributed by atoms with Crippen molar-refractivity contribution >= 4 is 6.09 Å². The topological polar surface area (TPSA) is 77.8 Å². The van der Waals surface area contributed by atoms with E-state index in [1.807, 2.05) is 20.8 Å². The van der Waals surface area contributed by atoms with Crippen LogP contribution < -0.4 is 0 Å². The van der Waals surface area contributed by atoms with E-state index in [-0.39, 0.29) is 17.6 Å². The second kappa shape index (κ2) is 3.73. The molecule has 0 spiro atoms. The number of likely N-dealkylation sites (tertiary alicyclic amines) is 1. The summed E-state index contributed by atoms with van der Waals surface area (Å²) in [6.45, 7) is 5.43. The van der Waals surface area contributed by atoms with Gasteiger partial charge in [-0.15, -0.1) is 0 Å². The normalized spacial score (nSPS) is 36.9. The van der Waals surface area contributed by atoms with Crippen LogP contribution in [-0.4, -0.2) is 56.7 Å². The van der Waals surface area contributed by atoms with Crippen molar-refractivity contribution in [1.29, 1.82) is 0 Å². The van der Waals surface area contributed by atoms with E-state index < -0.39 is 23.8 Å². The summed E-state index contributed by atoms with van der Waals surface area (Å²) in [7, 11) is 0. The molecule has 1 unspecified atom stereocenters. The van der Waals surface area contributed by atoms with E-state index in [1.54, 1.807) is 0 Å². The standard InChI is InChI=1S/C10H19NO4/c1-10(2,3)11(9(14)15)5-8(13)4-7(11)6-12/h7-8,12-13H,4-6H2,1-3H3/p+1/t7-,8-,11?/m1/s1. The SMILES string of the molecule is CC(C)(C)[N+]1(C(=O)O)C[C@H](O)C[C@@H]1CO. The second-order valence-corrected chi connectivity index (χ2v) is 5.23. The molecule has 88 valence electrons. The van der Waals surface area contributed by atoms with Gasteiger partial charge < -0.3 is 15.3 Å². The fourth-order valence-corrected chi connectivity index (χ4v) is 2.61. The summed E-state index contributed by atoms with van der Waals surface area (Å²) in [5.41, 5.74) is -0.531. The van der Waals surface area contributed by atoms with E-state index in [1.165, 1.54) is 0 Å². The van der Waals surface area contributed by atoms with Crippen molar-refractivity contribution in [2.45, 2.75) is 44.9 Å². The lowest BCUT2D eigenvalue weighted by Crippen LogP contribution is -2.66. The number of quaternary nitrogens is 1. The van der Waals surface area contributed by atoms with Crippen molar-refractivity contribution in [3.05, 3.63) is 0 Å². The predicted molar refractivity (Wildman–Crippen MR) is 54.4 cm³/mol. The van der Waals surface area contributed by atoms with Crippen LogP contribution in [0.3, 0.4) is 0 Å². The first-order chi connectivity index (χ1) is 6.75. The fraction of sp³-hybridized carbons (Fsp3) is 0.900. The third kappa shape index (κ3) is 1.75. The van der Waals surface area contributed by atoms with Crippen LogP contribution in [0.2, 0.25) is 0 Å². The van der Waals surface area contributed by atoms with Crippen LogP contribution in [0.5, 0.6) is 0 Å². The maximum atomic E-state index is 11.4. The van der Waals surface area contributed by atoms with Crippen LogP contribution in [0, 0.1) is 0 Å². The minimum absolute atomic E-state index is 0.171. The van der Waals surface area contributed by atoms with Crippen LogP contribution in [0.15, 0.2) is 0 Å². The molecule has 3 N–H and O–H groups in total. The number of nitrogens with zero attached hydrogens (tertiary/aromatic N) is 1. The molecular formula is C10H20NO4+. The molecule has 1 saturated heterocycles. The summed E-state index contributed by atoms with van der Waals surface area (Å²) in [5, 5.41) is 28.2. The van der Waals surface area contributed by atoms with Gasteiger partial charge >= 0.3 is 6.09 Å². The zero-order valence-corrected chi connectivity index (χ0v) is 9.47. The van der Waals surface area contributed by atoms with Crippen molar-refractivity contribution in [3.63, 3.8) is 0 Å². The van der Waals surface area contributed by atoms with Crippen molar-refractivity contribution < 1.29 is 24.6 Å². The maximum Gasteiger partial charge on any atom is 0.514 e. The molecule has 5 heteroatoms. The summed E-state index contributed by atoms with van der Waals surface area (Å²) in [6.07, 6.45) is -1.27. The number of aliphatic hydroxyl groups excluding tert-OH is 2. The van der Waals surface area contributed by atoms with Crippen LogP contribution in [0.25, 0.3) is 0 Å². The number of hydrogen-bond acceptors (Lipinski definition) is 3. The van der Waals surface area contributed by atoms with Gasteiger partial charge in [0, 0.05) is 6.42 Å². The lowest BCUT2D eigenvalue weighted by atomic mass is 10.00. The first-order valence-corrected chi connectivity index (χ1v) is 5.16. The molecule has 0 aromatic rings. The van der Waals surface area contributed by atoms with Crippen molar-refractivity contribution in [2.75, 3.05) is 13.2 Å². The van der Waals surface area contributed by atoms with E-state index in [4.69, 9.17) is 0 Å². The van der Waals surface area contributed by atoms with E-state index in [2.05, 4.69) is 0 Å². The number of rotatable bonds is 1. The molecule has 3 atom stereocenters. The quantitative estimate of drug-likeness (QED) is 0.557. The first-order valence-electron chi connectivity index (χ1n) is 5.16. The summed E-state index contributed by atoms with van der Waals surface area (Å²) in [4.78, 5) is 11.4. The van der Waals surface area contributed by atoms with E-state index in [9.17, 15) is 20.1 Å². The smallest absolute Gasteiger partial charge is 0.435 e. The second-order valence-electron chi connectivity index (χ2n) is 5.23. The Morgan fingerprint density at radius 1 is 1.47 bits per heavy atom. The van der Waals surface area contributed by atoms with Gasteiger partial charge in [-0.2, -0.15) is 4.79 Å². The van der Waals surface area contributed by atoms with E-state index >= 15 is 0 Å². The Labute approximate surface area is 89.5 Å². The largest absolute Gasteiger partial charge is 0.514 e. The summed E-state index contributed by atoms with van der Waals surface area (Å²) >= 11 is 0. The van der Waals surface area contributed by atoms with Gasteiger partial charge in [0.05, 0.1) is 6.61 Å². The Morgan fingerprint density at radius 2 is 2.00 bits per heavy atom. The maximum absolute atomic E-state index is 11.4. The van der Waals surface area contributed by atoms with Gasteiger partial charge in [-0.3, -0.25) is 0 Å². The van der Waals surface area contributed by atoms with Gasteiger partial charge in [-0.1, -0.05) is 0 Å². The Hall–Kier alpha value is -0.650. The number of hydrogen-bond donors (Lipinski definition) is 3. The molecule has 1 heterocycles. The molecule has 15 heavy (non-hydrogen) atoms. The molecule has 0 aromatic heterocycles. The molecule has 1 rings (SSSR count). The molecule has 1 aliphatic heterocycles. The van der Waals surface area contributed by atoms with Gasteiger partial charge in [0.2, 0.25) is 0 Å². The molecular weight excluding hydrogens is 198 g/mol. The zero-order chi connectivity index (χ0) is 11.9. The monoisotopic (exact) mass is 218 g/mol. The van der Waals surface area contributed by atoms with Crippen LogP contribution in [0.4, 0.5) is 4.79 Å². The molecule has 0 radical (unpaired) electrons. The Balaban J connectivity index is 3.16. The Kier molecular flexibility index (Phi) is 3.09. The van der Waals surface area contributed by atoms with Crippen molar-refractivity contribution in [1.82, 2.24) is 0 Å². The molecule has 0 saturated carbocycles. The summed E-state index contributed by atoms with van der Waals surface area (Å²) in [5.74, 6) is 0. The van der Waals surface area contributed by atoms with E-state index in [0.29, 0.717) is 6.42 Å². The highest BCUT2D eigenvalue weighted by molar-refractivity contribution is 5.58. The van der Waals surface area contributed by atoms with Crippen LogP contribution in [-0.2, 0) is 0 Å². The highest BCUT2D eigenvalue weighted by Crippen LogP contribution is 2.36. The van der Waals surface area contributed by atoms with Crippen molar-refractivity contribution in [2.24, 2.45) is 0 Å². The molecule has 1 fully saturated rings. The van der Waals surface area contributed by atoms with Gasteiger partial charge in [-0.25, -0.2) is 4.48 Å². The highest BCUT2D eigenvalue weighted by Gasteiger charge is 2.58. The minimum Gasteiger partial charge on any atom is -0.435 e. The molecule has 0 bridgehead atoms.